The highest BCUT2D eigenvalue weighted by molar-refractivity contribution is 6.91. The molecule has 1 unspecified atom stereocenters. The van der Waals surface area contributed by atoms with Crippen LogP contribution in [-0.4, -0.2) is 65.9 Å². The van der Waals surface area contributed by atoms with Gasteiger partial charge >= 0.3 is 0 Å². The summed E-state index contributed by atoms with van der Waals surface area (Å²) in [5.41, 5.74) is 1.34. The van der Waals surface area contributed by atoms with Crippen LogP contribution in [0.15, 0.2) is 79.0 Å². The Bertz CT molecular complexity index is 1750. The highest BCUT2D eigenvalue weighted by Crippen LogP contribution is 2.60. The van der Waals surface area contributed by atoms with Gasteiger partial charge in [-0.15, -0.1) is 5.10 Å². The zero-order chi connectivity index (χ0) is 32.8. The first-order chi connectivity index (χ1) is 22.0. The molecule has 0 radical (unpaired) electrons. The first-order valence-electron chi connectivity index (χ1n) is 15.5. The zero-order valence-corrected chi connectivity index (χ0v) is 27.7. The minimum Gasteiger partial charge on any atom is -0.497 e. The molecule has 11 nitrogen and oxygen atoms in total. The number of carbonyl (C=O) groups excluding carboxylic acids is 1. The quantitative estimate of drug-likeness (QED) is 0.151. The van der Waals surface area contributed by atoms with Crippen molar-refractivity contribution < 1.29 is 24.3 Å². The third-order valence-electron chi connectivity index (χ3n) is 10.1. The lowest BCUT2D eigenvalue weighted by Crippen LogP contribution is -2.51. The van der Waals surface area contributed by atoms with Crippen molar-refractivity contribution in [2.24, 2.45) is 5.92 Å². The Morgan fingerprint density at radius 2 is 1.85 bits per heavy atom. The summed E-state index contributed by atoms with van der Waals surface area (Å²) in [5.74, 6) is -0.0132. The van der Waals surface area contributed by atoms with Crippen molar-refractivity contribution in [1.82, 2.24) is 15.0 Å². The summed E-state index contributed by atoms with van der Waals surface area (Å²) in [6, 6.07) is 22.4. The second-order valence-corrected chi connectivity index (χ2v) is 17.5. The van der Waals surface area contributed by atoms with Crippen molar-refractivity contribution in [1.29, 1.82) is 0 Å². The van der Waals surface area contributed by atoms with E-state index in [1.54, 1.807) is 29.8 Å². The van der Waals surface area contributed by atoms with E-state index in [1.807, 2.05) is 48.7 Å². The number of benzene rings is 3. The monoisotopic (exact) mass is 641 g/mol. The zero-order valence-electron chi connectivity index (χ0n) is 26.7. The number of hydrogen-bond acceptors (Lipinski definition) is 8. The molecule has 1 spiro atoms. The molecular weight excluding hydrogens is 602 g/mol. The lowest BCUT2D eigenvalue weighted by molar-refractivity contribution is -0.385. The third kappa shape index (κ3) is 5.10. The molecule has 1 amide bonds. The standard InChI is InChI=1S/C34H39N5O6Si/c1-22-32(46(4,5)26-14-12-25(44-3)13-15-26)31(17-18-38-20-29(35-36-38)27(21-40)23-9-7-6-8-10-23)45-34(22)28-19-24(39(42)43)11-16-30(28)37(2)33(34)41/h6-16,19-20,22,27,31-32,40H,17-18,21H2,1-5H3/t22-,27?,31+,32-,34+/m1/s1. The summed E-state index contributed by atoms with van der Waals surface area (Å²) in [7, 11) is 0.968. The summed E-state index contributed by atoms with van der Waals surface area (Å²) in [6.45, 7) is 7.02. The highest BCUT2D eigenvalue weighted by Gasteiger charge is 2.66. The number of nitrogens with zero attached hydrogens (tertiary/aromatic N) is 5. The number of nitro benzene ring substituents is 1. The average Bonchev–Trinajstić information content (AvgIpc) is 3.71. The molecule has 240 valence electrons. The summed E-state index contributed by atoms with van der Waals surface area (Å²) < 4.78 is 14.2. The maximum atomic E-state index is 14.2. The number of rotatable bonds is 10. The molecule has 5 atom stereocenters. The van der Waals surface area contributed by atoms with Gasteiger partial charge in [0.25, 0.3) is 11.6 Å². The number of nitro groups is 1. The number of ether oxygens (including phenoxy) is 2. The molecule has 1 saturated heterocycles. The fourth-order valence-electron chi connectivity index (χ4n) is 7.69. The third-order valence-corrected chi connectivity index (χ3v) is 14.5. The molecule has 3 heterocycles. The fourth-order valence-corrected chi connectivity index (χ4v) is 11.7. The SMILES string of the molecule is COc1ccc([Si](C)(C)[C@H]2[C@H](CCn3cc(C(CO)c4ccccc4)nn3)O[C@@]3(C(=O)N(C)c4ccc([N+](=O)[O-])cc43)[C@@H]2C)cc1. The van der Waals surface area contributed by atoms with E-state index in [-0.39, 0.29) is 41.7 Å². The topological polar surface area (TPSA) is 133 Å². The van der Waals surface area contributed by atoms with Crippen molar-refractivity contribution >= 4 is 30.5 Å². The number of non-ortho nitro benzene ring substituents is 1. The minimum atomic E-state index is -2.37. The second-order valence-electron chi connectivity index (χ2n) is 12.8. The molecule has 3 aromatic carbocycles. The van der Waals surface area contributed by atoms with Gasteiger partial charge in [-0.1, -0.05) is 72.9 Å². The van der Waals surface area contributed by atoms with E-state index < -0.39 is 18.6 Å². The minimum absolute atomic E-state index is 0.0269. The Morgan fingerprint density at radius 1 is 1.13 bits per heavy atom. The number of anilines is 1. The Labute approximate surface area is 268 Å². The van der Waals surface area contributed by atoms with Crippen LogP contribution in [0.3, 0.4) is 0 Å². The molecule has 12 heteroatoms. The maximum absolute atomic E-state index is 14.2. The summed E-state index contributed by atoms with van der Waals surface area (Å²) >= 11 is 0. The average molecular weight is 642 g/mol. The summed E-state index contributed by atoms with van der Waals surface area (Å²) in [4.78, 5) is 27.2. The van der Waals surface area contributed by atoms with Crippen LogP contribution >= 0.6 is 0 Å². The number of methoxy groups -OCH3 is 1. The van der Waals surface area contributed by atoms with E-state index >= 15 is 0 Å². The van der Waals surface area contributed by atoms with Gasteiger partial charge in [0.1, 0.15) is 5.75 Å². The molecule has 4 aromatic rings. The molecule has 1 fully saturated rings. The highest BCUT2D eigenvalue weighted by atomic mass is 28.3. The molecule has 0 bridgehead atoms. The van der Waals surface area contributed by atoms with E-state index in [0.29, 0.717) is 29.9 Å². The van der Waals surface area contributed by atoms with E-state index in [2.05, 4.69) is 42.5 Å². The number of likely N-dealkylation sites (N-methyl/N-ethyl adjacent to an activating group) is 1. The van der Waals surface area contributed by atoms with Crippen LogP contribution in [0.25, 0.3) is 0 Å². The van der Waals surface area contributed by atoms with Crippen LogP contribution in [-0.2, 0) is 21.7 Å². The molecule has 0 aliphatic carbocycles. The Hall–Kier alpha value is -4.39. The molecule has 46 heavy (non-hydrogen) atoms. The summed E-state index contributed by atoms with van der Waals surface area (Å²) in [6.07, 6.45) is 2.05. The van der Waals surface area contributed by atoms with Crippen molar-refractivity contribution in [3.8, 4) is 5.75 Å². The van der Waals surface area contributed by atoms with Gasteiger partial charge in [0, 0.05) is 43.4 Å². The van der Waals surface area contributed by atoms with Crippen molar-refractivity contribution in [3.63, 3.8) is 0 Å². The van der Waals surface area contributed by atoms with Gasteiger partial charge in [-0.05, 0) is 35.7 Å². The molecule has 6 rings (SSSR count). The Morgan fingerprint density at radius 3 is 2.50 bits per heavy atom. The largest absolute Gasteiger partial charge is 0.497 e. The number of aryl methyl sites for hydroxylation is 1. The number of aromatic nitrogens is 3. The van der Waals surface area contributed by atoms with Crippen LogP contribution in [0.2, 0.25) is 18.6 Å². The molecule has 1 N–H and O–H groups in total. The van der Waals surface area contributed by atoms with E-state index in [1.165, 1.54) is 17.3 Å². The number of amides is 1. The number of carbonyl (C=O) groups is 1. The van der Waals surface area contributed by atoms with Gasteiger partial charge in [0.2, 0.25) is 0 Å². The second kappa shape index (κ2) is 12.1. The van der Waals surface area contributed by atoms with Crippen molar-refractivity contribution in [2.45, 2.75) is 56.1 Å². The van der Waals surface area contributed by atoms with Gasteiger partial charge in [-0.2, -0.15) is 0 Å². The normalized spacial score (nSPS) is 23.1. The Balaban J connectivity index is 1.37. The van der Waals surface area contributed by atoms with Crippen LogP contribution in [0.1, 0.15) is 36.1 Å². The predicted molar refractivity (Wildman–Crippen MR) is 176 cm³/mol. The molecule has 2 aliphatic rings. The van der Waals surface area contributed by atoms with Gasteiger partial charge in [-0.3, -0.25) is 19.6 Å². The van der Waals surface area contributed by atoms with Gasteiger partial charge in [-0.25, -0.2) is 0 Å². The number of aliphatic hydroxyl groups excluding tert-OH is 1. The summed E-state index contributed by atoms with van der Waals surface area (Å²) in [5, 5.41) is 32.0. The van der Waals surface area contributed by atoms with Crippen LogP contribution in [0, 0.1) is 16.0 Å². The van der Waals surface area contributed by atoms with Crippen molar-refractivity contribution in [2.75, 3.05) is 25.7 Å². The van der Waals surface area contributed by atoms with Crippen LogP contribution < -0.4 is 14.8 Å². The van der Waals surface area contributed by atoms with E-state index in [4.69, 9.17) is 9.47 Å². The molecule has 1 aromatic heterocycles. The van der Waals surface area contributed by atoms with Gasteiger partial charge < -0.3 is 19.5 Å². The van der Waals surface area contributed by atoms with Crippen molar-refractivity contribution in [3.05, 3.63) is 106 Å². The first kappa shape index (κ1) is 31.6. The van der Waals surface area contributed by atoms with E-state index in [0.717, 1.165) is 11.3 Å². The lowest BCUT2D eigenvalue weighted by Gasteiger charge is -2.37. The first-order valence-corrected chi connectivity index (χ1v) is 18.6. The molecular formula is C34H39N5O6Si. The predicted octanol–water partition coefficient (Wildman–Crippen LogP) is 4.60. The Kier molecular flexibility index (Phi) is 8.30. The van der Waals surface area contributed by atoms with Crippen LogP contribution in [0.5, 0.6) is 5.75 Å². The van der Waals surface area contributed by atoms with Crippen LogP contribution in [0.4, 0.5) is 11.4 Å². The fraction of sp³-hybridized carbons (Fsp3) is 0.382. The van der Waals surface area contributed by atoms with E-state index in [9.17, 15) is 20.0 Å². The number of fused-ring (bicyclic) bond motifs is 2. The smallest absolute Gasteiger partial charge is 0.269 e. The van der Waals surface area contributed by atoms with Gasteiger partial charge in [0.15, 0.2) is 5.60 Å². The lowest BCUT2D eigenvalue weighted by atomic mass is 9.82. The van der Waals surface area contributed by atoms with Gasteiger partial charge in [0.05, 0.1) is 50.1 Å². The molecule has 2 aliphatic heterocycles. The maximum Gasteiger partial charge on any atom is 0.269 e. The number of aliphatic hydroxyl groups is 1. The molecule has 0 saturated carbocycles. The number of hydrogen-bond donors (Lipinski definition) is 1.